The van der Waals surface area contributed by atoms with Crippen molar-refractivity contribution in [3.05, 3.63) is 62.3 Å². The summed E-state index contributed by atoms with van der Waals surface area (Å²) in [6, 6.07) is 9.47. The molecule has 1 aliphatic rings. The van der Waals surface area contributed by atoms with E-state index in [1.54, 1.807) is 4.68 Å². The van der Waals surface area contributed by atoms with Gasteiger partial charge in [0.1, 0.15) is 11.4 Å². The van der Waals surface area contributed by atoms with Crippen molar-refractivity contribution < 1.29 is 4.79 Å². The van der Waals surface area contributed by atoms with Gasteiger partial charge < -0.3 is 5.73 Å². The van der Waals surface area contributed by atoms with Crippen LogP contribution in [0.2, 0.25) is 0 Å². The molecule has 4 rings (SSSR count). The van der Waals surface area contributed by atoms with Gasteiger partial charge >= 0.3 is 5.69 Å². The largest absolute Gasteiger partial charge is 0.384 e. The summed E-state index contributed by atoms with van der Waals surface area (Å²) in [5, 5.41) is 12.3. The van der Waals surface area contributed by atoms with E-state index in [2.05, 4.69) is 15.5 Å². The molecule has 1 fully saturated rings. The molecule has 2 aromatic heterocycles. The van der Waals surface area contributed by atoms with Gasteiger partial charge in [-0.05, 0) is 28.8 Å². The number of benzene rings is 1. The second-order valence-electron chi connectivity index (χ2n) is 7.53. The van der Waals surface area contributed by atoms with Crippen LogP contribution in [0.4, 0.5) is 5.82 Å². The Hall–Kier alpha value is -3.21. The number of tetrazole rings is 1. The SMILES string of the molecule is Cn1c(=O)c(C(=O)CSc2nnnn2C2CCCC2)c(N)n(Cc2ccccc2)c1=O. The van der Waals surface area contributed by atoms with E-state index in [0.717, 1.165) is 35.8 Å². The van der Waals surface area contributed by atoms with E-state index in [1.165, 1.54) is 23.4 Å². The van der Waals surface area contributed by atoms with E-state index in [9.17, 15) is 14.4 Å². The average molecular weight is 442 g/mol. The van der Waals surface area contributed by atoms with E-state index in [0.29, 0.717) is 5.16 Å². The third kappa shape index (κ3) is 4.18. The lowest BCUT2D eigenvalue weighted by Crippen LogP contribution is -2.43. The van der Waals surface area contributed by atoms with Gasteiger partial charge in [0, 0.05) is 7.05 Å². The minimum Gasteiger partial charge on any atom is -0.384 e. The molecule has 2 heterocycles. The Bertz CT molecular complexity index is 1210. The Kier molecular flexibility index (Phi) is 6.03. The van der Waals surface area contributed by atoms with Crippen LogP contribution in [-0.2, 0) is 13.6 Å². The second kappa shape index (κ2) is 8.88. The van der Waals surface area contributed by atoms with Gasteiger partial charge in [0.2, 0.25) is 5.16 Å². The number of ketones is 1. The predicted octanol–water partition coefficient (Wildman–Crippen LogP) is 1.25. The zero-order valence-electron chi connectivity index (χ0n) is 17.1. The first-order valence-electron chi connectivity index (χ1n) is 10.0. The summed E-state index contributed by atoms with van der Waals surface area (Å²) >= 11 is 1.17. The number of thioether (sulfide) groups is 1. The molecule has 0 bridgehead atoms. The molecular weight excluding hydrogens is 418 g/mol. The molecule has 0 amide bonds. The summed E-state index contributed by atoms with van der Waals surface area (Å²) < 4.78 is 3.92. The summed E-state index contributed by atoms with van der Waals surface area (Å²) in [5.74, 6) is -0.653. The molecule has 10 nitrogen and oxygen atoms in total. The molecule has 31 heavy (non-hydrogen) atoms. The van der Waals surface area contributed by atoms with Gasteiger partial charge in [-0.1, -0.05) is 54.9 Å². The molecule has 0 radical (unpaired) electrons. The van der Waals surface area contributed by atoms with Gasteiger partial charge in [0.05, 0.1) is 18.3 Å². The fourth-order valence-electron chi connectivity index (χ4n) is 3.82. The summed E-state index contributed by atoms with van der Waals surface area (Å²) in [5.41, 5.74) is 5.53. The van der Waals surface area contributed by atoms with Gasteiger partial charge in [-0.25, -0.2) is 9.48 Å². The highest BCUT2D eigenvalue weighted by molar-refractivity contribution is 7.99. The Balaban J connectivity index is 1.60. The molecule has 0 saturated heterocycles. The minimum atomic E-state index is -0.701. The molecule has 162 valence electrons. The number of carbonyl (C=O) groups is 1. The van der Waals surface area contributed by atoms with Crippen molar-refractivity contribution in [3.63, 3.8) is 0 Å². The van der Waals surface area contributed by atoms with Crippen molar-refractivity contribution >= 4 is 23.4 Å². The topological polar surface area (TPSA) is 131 Å². The number of nitrogens with zero attached hydrogens (tertiary/aromatic N) is 6. The molecule has 3 aromatic rings. The first-order chi connectivity index (χ1) is 15.0. The van der Waals surface area contributed by atoms with Crippen LogP contribution in [0.3, 0.4) is 0 Å². The number of carbonyl (C=O) groups excluding carboxylic acids is 1. The molecule has 2 N–H and O–H groups in total. The smallest absolute Gasteiger partial charge is 0.332 e. The van der Waals surface area contributed by atoms with Crippen molar-refractivity contribution in [3.8, 4) is 0 Å². The summed E-state index contributed by atoms with van der Waals surface area (Å²) in [6.07, 6.45) is 4.27. The Morgan fingerprint density at radius 1 is 1.19 bits per heavy atom. The molecule has 1 aliphatic carbocycles. The molecule has 1 saturated carbocycles. The first kappa shape index (κ1) is 21.0. The lowest BCUT2D eigenvalue weighted by Gasteiger charge is -2.15. The average Bonchev–Trinajstić information content (AvgIpc) is 3.46. The number of aromatic nitrogens is 6. The highest BCUT2D eigenvalue weighted by Crippen LogP contribution is 2.31. The Morgan fingerprint density at radius 3 is 2.61 bits per heavy atom. The van der Waals surface area contributed by atoms with Crippen LogP contribution >= 0.6 is 11.8 Å². The third-order valence-corrected chi connectivity index (χ3v) is 6.44. The van der Waals surface area contributed by atoms with Crippen LogP contribution < -0.4 is 17.0 Å². The van der Waals surface area contributed by atoms with Crippen LogP contribution in [0.1, 0.15) is 47.6 Å². The number of Topliss-reactive ketones (excluding diaryl/α,β-unsaturated/α-hetero) is 1. The fraction of sp³-hybridized carbons (Fsp3) is 0.400. The van der Waals surface area contributed by atoms with E-state index in [-0.39, 0.29) is 29.7 Å². The lowest BCUT2D eigenvalue weighted by atomic mass is 10.2. The zero-order valence-corrected chi connectivity index (χ0v) is 17.9. The second-order valence-corrected chi connectivity index (χ2v) is 8.48. The number of nitrogen functional groups attached to an aromatic ring is 1. The highest BCUT2D eigenvalue weighted by atomic mass is 32.2. The zero-order chi connectivity index (χ0) is 22.0. The van der Waals surface area contributed by atoms with Gasteiger partial charge in [-0.3, -0.25) is 18.7 Å². The molecule has 0 aliphatic heterocycles. The van der Waals surface area contributed by atoms with Crippen molar-refractivity contribution in [1.82, 2.24) is 29.3 Å². The summed E-state index contributed by atoms with van der Waals surface area (Å²) in [6.45, 7) is 0.160. The van der Waals surface area contributed by atoms with Gasteiger partial charge in [0.25, 0.3) is 5.56 Å². The van der Waals surface area contributed by atoms with Crippen LogP contribution in [0.15, 0.2) is 45.1 Å². The molecule has 0 unspecified atom stereocenters. The van der Waals surface area contributed by atoms with E-state index < -0.39 is 17.0 Å². The van der Waals surface area contributed by atoms with Gasteiger partial charge in [-0.2, -0.15) is 0 Å². The van der Waals surface area contributed by atoms with E-state index in [1.807, 2.05) is 30.3 Å². The predicted molar refractivity (Wildman–Crippen MR) is 116 cm³/mol. The number of hydrogen-bond donors (Lipinski definition) is 1. The monoisotopic (exact) mass is 441 g/mol. The standard InChI is InChI=1S/C20H23N7O3S/c1-25-18(29)16(17(21)26(20(25)30)11-13-7-3-2-4-8-13)15(28)12-31-19-22-23-24-27(19)14-9-5-6-10-14/h2-4,7-8,14H,5-6,9-12,21H2,1H3. The number of rotatable bonds is 7. The van der Waals surface area contributed by atoms with Crippen molar-refractivity contribution in [2.75, 3.05) is 11.5 Å². The maximum atomic E-state index is 13.0. The lowest BCUT2D eigenvalue weighted by molar-refractivity contribution is 0.102. The van der Waals surface area contributed by atoms with Crippen LogP contribution in [0.5, 0.6) is 0 Å². The minimum absolute atomic E-state index is 0.0595. The number of nitrogens with two attached hydrogens (primary N) is 1. The molecule has 11 heteroatoms. The number of hydrogen-bond acceptors (Lipinski definition) is 8. The Labute approximate surface area is 182 Å². The van der Waals surface area contributed by atoms with Crippen LogP contribution in [-0.4, -0.2) is 40.9 Å². The van der Waals surface area contributed by atoms with Crippen molar-refractivity contribution in [2.45, 2.75) is 43.4 Å². The summed E-state index contributed by atoms with van der Waals surface area (Å²) in [7, 11) is 1.34. The molecule has 1 aromatic carbocycles. The molecular formula is C20H23N7O3S. The van der Waals surface area contributed by atoms with Gasteiger partial charge in [-0.15, -0.1) is 5.10 Å². The normalized spacial score (nSPS) is 14.2. The Morgan fingerprint density at radius 2 is 1.90 bits per heavy atom. The van der Waals surface area contributed by atoms with Crippen LogP contribution in [0.25, 0.3) is 0 Å². The molecule has 0 spiro atoms. The first-order valence-corrected chi connectivity index (χ1v) is 11.0. The van der Waals surface area contributed by atoms with Gasteiger partial charge in [0.15, 0.2) is 5.78 Å². The van der Waals surface area contributed by atoms with E-state index >= 15 is 0 Å². The number of anilines is 1. The van der Waals surface area contributed by atoms with Crippen molar-refractivity contribution in [1.29, 1.82) is 0 Å². The molecule has 0 atom stereocenters. The maximum Gasteiger partial charge on any atom is 0.332 e. The fourth-order valence-corrected chi connectivity index (χ4v) is 4.64. The van der Waals surface area contributed by atoms with Crippen LogP contribution in [0, 0.1) is 0 Å². The highest BCUT2D eigenvalue weighted by Gasteiger charge is 2.25. The summed E-state index contributed by atoms with van der Waals surface area (Å²) in [4.78, 5) is 38.3. The third-order valence-electron chi connectivity index (χ3n) is 5.51. The van der Waals surface area contributed by atoms with E-state index in [4.69, 9.17) is 5.73 Å². The van der Waals surface area contributed by atoms with Crippen molar-refractivity contribution in [2.24, 2.45) is 7.05 Å². The maximum absolute atomic E-state index is 13.0. The quantitative estimate of drug-likeness (QED) is 0.428.